The minimum absolute atomic E-state index is 0.00628. The number of thiophene rings is 1. The Kier molecular flexibility index (Phi) is 7.40. The van der Waals surface area contributed by atoms with E-state index in [1.54, 1.807) is 29.4 Å². The first-order valence-electron chi connectivity index (χ1n) is 10.5. The summed E-state index contributed by atoms with van der Waals surface area (Å²) in [5.74, 6) is -0.250. The zero-order valence-corrected chi connectivity index (χ0v) is 20.3. The summed E-state index contributed by atoms with van der Waals surface area (Å²) in [5, 5.41) is 2.09. The Morgan fingerprint density at radius 1 is 1.12 bits per heavy atom. The van der Waals surface area contributed by atoms with Crippen LogP contribution in [0.2, 0.25) is 0 Å². The molecule has 0 radical (unpaired) electrons. The molecule has 0 spiro atoms. The second-order valence-corrected chi connectivity index (χ2v) is 9.50. The molecule has 1 unspecified atom stereocenters. The molecule has 0 fully saturated rings. The number of fused-ring (bicyclic) bond motifs is 1. The van der Waals surface area contributed by atoms with Gasteiger partial charge in [0.05, 0.1) is 18.2 Å². The second-order valence-electron chi connectivity index (χ2n) is 7.65. The molecular weight excluding hydrogens is 488 g/mol. The lowest BCUT2D eigenvalue weighted by molar-refractivity contribution is -0.134. The first-order chi connectivity index (χ1) is 15.6. The molecule has 1 atom stereocenters. The van der Waals surface area contributed by atoms with E-state index in [1.165, 1.54) is 10.4 Å². The molecule has 7 heteroatoms. The number of rotatable bonds is 7. The molecule has 5 nitrogen and oxygen atoms in total. The van der Waals surface area contributed by atoms with Crippen LogP contribution in [0.5, 0.6) is 0 Å². The van der Waals surface area contributed by atoms with Crippen LogP contribution < -0.4 is 0 Å². The fourth-order valence-electron chi connectivity index (χ4n) is 4.09. The highest BCUT2D eigenvalue weighted by Gasteiger charge is 2.34. The minimum Gasteiger partial charge on any atom is -0.383 e. The Morgan fingerprint density at radius 3 is 2.62 bits per heavy atom. The van der Waals surface area contributed by atoms with Gasteiger partial charge in [-0.1, -0.05) is 42.5 Å². The number of carbonyl (C=O) groups excluding carboxylic acids is 2. The molecule has 0 saturated carbocycles. The largest absolute Gasteiger partial charge is 0.383 e. The molecule has 2 aromatic carbocycles. The highest BCUT2D eigenvalue weighted by atomic mass is 79.9. The van der Waals surface area contributed by atoms with Crippen LogP contribution in [0.3, 0.4) is 0 Å². The third-order valence-electron chi connectivity index (χ3n) is 5.68. The maximum Gasteiger partial charge on any atom is 0.255 e. The number of methoxy groups -OCH3 is 1. The standard InChI is InChI=1S/C25H25BrN2O3S/c1-31-15-14-27(25(30)19-9-5-6-10-21(19)26)17-23(29)28-13-11-22-20(12-16-32-22)24(28)18-7-3-2-4-8-18/h2-10,12,16,24H,11,13-15,17H2,1H3. The average Bonchev–Trinajstić information content (AvgIpc) is 3.30. The van der Waals surface area contributed by atoms with Crippen molar-refractivity contribution in [1.29, 1.82) is 0 Å². The number of ether oxygens (including phenoxy) is 1. The molecule has 0 N–H and O–H groups in total. The lowest BCUT2D eigenvalue weighted by atomic mass is 9.93. The number of halogens is 1. The topological polar surface area (TPSA) is 49.9 Å². The van der Waals surface area contributed by atoms with Crippen molar-refractivity contribution >= 4 is 39.1 Å². The van der Waals surface area contributed by atoms with Crippen molar-refractivity contribution in [2.45, 2.75) is 12.5 Å². The maximum atomic E-state index is 13.6. The summed E-state index contributed by atoms with van der Waals surface area (Å²) in [4.78, 5) is 31.7. The van der Waals surface area contributed by atoms with Gasteiger partial charge in [-0.15, -0.1) is 11.3 Å². The third kappa shape index (κ3) is 4.80. The fraction of sp³-hybridized carbons (Fsp3) is 0.280. The quantitative estimate of drug-likeness (QED) is 0.457. The van der Waals surface area contributed by atoms with Crippen molar-refractivity contribution in [2.24, 2.45) is 0 Å². The van der Waals surface area contributed by atoms with Gasteiger partial charge in [-0.2, -0.15) is 0 Å². The number of benzene rings is 2. The highest BCUT2D eigenvalue weighted by molar-refractivity contribution is 9.10. The lowest BCUT2D eigenvalue weighted by Gasteiger charge is -2.37. The van der Waals surface area contributed by atoms with Crippen LogP contribution in [-0.4, -0.2) is 55.0 Å². The molecule has 4 rings (SSSR count). The van der Waals surface area contributed by atoms with Gasteiger partial charge < -0.3 is 14.5 Å². The summed E-state index contributed by atoms with van der Waals surface area (Å²) < 4.78 is 5.92. The van der Waals surface area contributed by atoms with Crippen molar-refractivity contribution in [2.75, 3.05) is 33.4 Å². The number of hydrogen-bond acceptors (Lipinski definition) is 4. The summed E-state index contributed by atoms with van der Waals surface area (Å²) in [5.41, 5.74) is 2.80. The molecule has 1 aliphatic rings. The van der Waals surface area contributed by atoms with Crippen LogP contribution in [0.4, 0.5) is 0 Å². The smallest absolute Gasteiger partial charge is 0.255 e. The molecule has 166 valence electrons. The lowest BCUT2D eigenvalue weighted by Crippen LogP contribution is -2.47. The molecule has 2 amide bonds. The first kappa shape index (κ1) is 22.7. The normalized spacial score (nSPS) is 15.3. The number of hydrogen-bond donors (Lipinski definition) is 0. The maximum absolute atomic E-state index is 13.6. The molecule has 0 saturated heterocycles. The fourth-order valence-corrected chi connectivity index (χ4v) is 5.45. The van der Waals surface area contributed by atoms with Gasteiger partial charge in [0, 0.05) is 29.5 Å². The Balaban J connectivity index is 1.61. The SMILES string of the molecule is COCCN(CC(=O)N1CCc2sccc2C1c1ccccc1)C(=O)c1ccccc1Br. The number of carbonyl (C=O) groups is 2. The average molecular weight is 513 g/mol. The summed E-state index contributed by atoms with van der Waals surface area (Å²) in [6.45, 7) is 1.34. The summed E-state index contributed by atoms with van der Waals surface area (Å²) >= 11 is 5.20. The van der Waals surface area contributed by atoms with Gasteiger partial charge in [-0.05, 0) is 57.1 Å². The molecule has 0 bridgehead atoms. The van der Waals surface area contributed by atoms with E-state index in [0.717, 1.165) is 12.0 Å². The van der Waals surface area contributed by atoms with Gasteiger partial charge >= 0.3 is 0 Å². The first-order valence-corrected chi connectivity index (χ1v) is 12.2. The van der Waals surface area contributed by atoms with E-state index in [2.05, 4.69) is 39.5 Å². The van der Waals surface area contributed by atoms with E-state index in [0.29, 0.717) is 29.7 Å². The van der Waals surface area contributed by atoms with Crippen molar-refractivity contribution in [1.82, 2.24) is 9.80 Å². The van der Waals surface area contributed by atoms with Crippen molar-refractivity contribution in [3.8, 4) is 0 Å². The van der Waals surface area contributed by atoms with Gasteiger partial charge in [0.15, 0.2) is 0 Å². The van der Waals surface area contributed by atoms with E-state index in [9.17, 15) is 9.59 Å². The minimum atomic E-state index is -0.188. The summed E-state index contributed by atoms with van der Waals surface area (Å²) in [6, 6.07) is 19.4. The van der Waals surface area contributed by atoms with Gasteiger partial charge in [-0.3, -0.25) is 9.59 Å². The molecule has 3 aromatic rings. The van der Waals surface area contributed by atoms with Gasteiger partial charge in [0.25, 0.3) is 5.91 Å². The predicted molar refractivity (Wildman–Crippen MR) is 130 cm³/mol. The van der Waals surface area contributed by atoms with E-state index >= 15 is 0 Å². The molecule has 1 aliphatic heterocycles. The van der Waals surface area contributed by atoms with Crippen LogP contribution in [-0.2, 0) is 16.0 Å². The third-order valence-corrected chi connectivity index (χ3v) is 7.37. The van der Waals surface area contributed by atoms with Crippen LogP contribution in [0.1, 0.15) is 32.4 Å². The Bertz CT molecular complexity index is 1090. The molecular formula is C25H25BrN2O3S. The molecule has 1 aromatic heterocycles. The number of nitrogens with zero attached hydrogens (tertiary/aromatic N) is 2. The zero-order chi connectivity index (χ0) is 22.5. The molecule has 32 heavy (non-hydrogen) atoms. The Morgan fingerprint density at radius 2 is 1.88 bits per heavy atom. The van der Waals surface area contributed by atoms with Crippen molar-refractivity contribution < 1.29 is 14.3 Å². The Labute approximate surface area is 200 Å². The zero-order valence-electron chi connectivity index (χ0n) is 17.9. The molecule has 2 heterocycles. The van der Waals surface area contributed by atoms with E-state index in [-0.39, 0.29) is 24.4 Å². The predicted octanol–water partition coefficient (Wildman–Crippen LogP) is 4.77. The Hall–Kier alpha value is -2.48. The molecule has 0 aliphatic carbocycles. The van der Waals surface area contributed by atoms with Crippen molar-refractivity contribution in [3.05, 3.63) is 92.1 Å². The van der Waals surface area contributed by atoms with Crippen LogP contribution in [0.25, 0.3) is 0 Å². The van der Waals surface area contributed by atoms with E-state index in [4.69, 9.17) is 4.74 Å². The van der Waals surface area contributed by atoms with Gasteiger partial charge in [0.2, 0.25) is 5.91 Å². The van der Waals surface area contributed by atoms with Crippen molar-refractivity contribution in [3.63, 3.8) is 0 Å². The van der Waals surface area contributed by atoms with Crippen LogP contribution in [0.15, 0.2) is 70.5 Å². The number of amides is 2. The summed E-state index contributed by atoms with van der Waals surface area (Å²) in [7, 11) is 1.59. The second kappa shape index (κ2) is 10.4. The van der Waals surface area contributed by atoms with Crippen LogP contribution >= 0.6 is 27.3 Å². The van der Waals surface area contributed by atoms with E-state index < -0.39 is 0 Å². The van der Waals surface area contributed by atoms with E-state index in [1.807, 2.05) is 41.3 Å². The van der Waals surface area contributed by atoms with Gasteiger partial charge in [-0.25, -0.2) is 0 Å². The summed E-state index contributed by atoms with van der Waals surface area (Å²) in [6.07, 6.45) is 0.832. The highest BCUT2D eigenvalue weighted by Crippen LogP contribution is 2.37. The van der Waals surface area contributed by atoms with Crippen LogP contribution in [0, 0.1) is 0 Å². The van der Waals surface area contributed by atoms with Gasteiger partial charge in [0.1, 0.15) is 6.54 Å². The monoisotopic (exact) mass is 512 g/mol.